The van der Waals surface area contributed by atoms with Gasteiger partial charge in [0.15, 0.2) is 5.78 Å². The number of phenolic OH excluding ortho intramolecular Hbond substituents is 1. The van der Waals surface area contributed by atoms with Crippen LogP contribution in [0.4, 0.5) is 0 Å². The van der Waals surface area contributed by atoms with Crippen LogP contribution in [0.5, 0.6) is 5.75 Å². The molecule has 0 aliphatic carbocycles. The molecular weight excluding hydrogens is 264 g/mol. The third kappa shape index (κ3) is 2.34. The number of carbonyl (C=O) groups excluding carboxylic acids is 1. The van der Waals surface area contributed by atoms with Gasteiger partial charge in [0.1, 0.15) is 17.1 Å². The first-order chi connectivity index (χ1) is 10.2. The van der Waals surface area contributed by atoms with Gasteiger partial charge in [-0.3, -0.25) is 4.79 Å². The molecule has 0 saturated carbocycles. The normalized spacial score (nSPS) is 10.7. The zero-order valence-corrected chi connectivity index (χ0v) is 11.4. The highest BCUT2D eigenvalue weighted by atomic mass is 16.3. The van der Waals surface area contributed by atoms with Crippen molar-refractivity contribution in [3.63, 3.8) is 0 Å². The van der Waals surface area contributed by atoms with Gasteiger partial charge < -0.3 is 9.52 Å². The lowest BCUT2D eigenvalue weighted by Gasteiger charge is -2.02. The van der Waals surface area contributed by atoms with E-state index < -0.39 is 0 Å². The molecule has 3 heteroatoms. The number of aromatic hydroxyl groups is 1. The second kappa shape index (κ2) is 5.29. The Morgan fingerprint density at radius 3 is 2.57 bits per heavy atom. The largest absolute Gasteiger partial charge is 0.508 e. The second-order valence-corrected chi connectivity index (χ2v) is 4.77. The molecule has 21 heavy (non-hydrogen) atoms. The summed E-state index contributed by atoms with van der Waals surface area (Å²) in [6, 6.07) is 13.7. The molecule has 0 bridgehead atoms. The summed E-state index contributed by atoms with van der Waals surface area (Å²) in [5.74, 6) is 0.635. The van der Waals surface area contributed by atoms with Crippen molar-refractivity contribution in [1.29, 1.82) is 0 Å². The van der Waals surface area contributed by atoms with Crippen molar-refractivity contribution in [1.82, 2.24) is 0 Å². The average molecular weight is 278 g/mol. The molecule has 0 aliphatic heterocycles. The van der Waals surface area contributed by atoms with Crippen molar-refractivity contribution in [3.8, 4) is 5.75 Å². The number of phenols is 1. The minimum atomic E-state index is -0.114. The Morgan fingerprint density at radius 2 is 1.86 bits per heavy atom. The summed E-state index contributed by atoms with van der Waals surface area (Å²) in [4.78, 5) is 12.8. The lowest BCUT2D eigenvalue weighted by Crippen LogP contribution is -2.03. The number of para-hydroxylation sites is 1. The van der Waals surface area contributed by atoms with Gasteiger partial charge in [0, 0.05) is 17.4 Å². The Hall–Kier alpha value is -2.81. The van der Waals surface area contributed by atoms with Gasteiger partial charge in [-0.05, 0) is 30.3 Å². The van der Waals surface area contributed by atoms with Crippen LogP contribution in [0.3, 0.4) is 0 Å². The van der Waals surface area contributed by atoms with Gasteiger partial charge in [-0.2, -0.15) is 0 Å². The maximum Gasteiger partial charge on any atom is 0.197 e. The molecule has 104 valence electrons. The van der Waals surface area contributed by atoms with E-state index in [0.717, 1.165) is 5.39 Å². The predicted molar refractivity (Wildman–Crippen MR) is 81.7 cm³/mol. The Morgan fingerprint density at radius 1 is 1.14 bits per heavy atom. The number of carbonyl (C=O) groups is 1. The van der Waals surface area contributed by atoms with Crippen LogP contribution >= 0.6 is 0 Å². The van der Waals surface area contributed by atoms with E-state index >= 15 is 0 Å². The topological polar surface area (TPSA) is 50.4 Å². The number of hydrogen-bond donors (Lipinski definition) is 1. The molecule has 0 fully saturated rings. The van der Waals surface area contributed by atoms with Crippen LogP contribution in [-0.2, 0) is 6.42 Å². The summed E-state index contributed by atoms with van der Waals surface area (Å²) < 4.78 is 5.76. The minimum absolute atomic E-state index is 0.114. The Balaban J connectivity index is 2.17. The van der Waals surface area contributed by atoms with Crippen LogP contribution in [0.25, 0.3) is 11.0 Å². The van der Waals surface area contributed by atoms with Crippen molar-refractivity contribution in [3.05, 3.63) is 78.1 Å². The lowest BCUT2D eigenvalue weighted by molar-refractivity contribution is 0.103. The zero-order chi connectivity index (χ0) is 14.8. The summed E-state index contributed by atoms with van der Waals surface area (Å²) in [5.41, 5.74) is 1.78. The third-order valence-corrected chi connectivity index (χ3v) is 3.35. The van der Waals surface area contributed by atoms with E-state index in [9.17, 15) is 9.90 Å². The number of benzene rings is 2. The highest BCUT2D eigenvalue weighted by Crippen LogP contribution is 2.29. The molecule has 3 aromatic rings. The fourth-order valence-corrected chi connectivity index (χ4v) is 2.38. The van der Waals surface area contributed by atoms with Gasteiger partial charge in [0.05, 0.1) is 5.56 Å². The Bertz CT molecular complexity index is 810. The van der Waals surface area contributed by atoms with Crippen LogP contribution in [-0.4, -0.2) is 10.9 Å². The van der Waals surface area contributed by atoms with Gasteiger partial charge in [-0.15, -0.1) is 6.58 Å². The van der Waals surface area contributed by atoms with E-state index in [4.69, 9.17) is 4.42 Å². The zero-order valence-electron chi connectivity index (χ0n) is 11.4. The number of rotatable bonds is 4. The molecule has 0 amide bonds. The smallest absolute Gasteiger partial charge is 0.197 e. The van der Waals surface area contributed by atoms with Crippen LogP contribution in [0, 0.1) is 0 Å². The fourth-order valence-electron chi connectivity index (χ4n) is 2.38. The van der Waals surface area contributed by atoms with Crippen LogP contribution in [0.2, 0.25) is 0 Å². The molecule has 0 unspecified atom stereocenters. The standard InChI is InChI=1S/C18H14O3/c1-2-5-16-17(14-6-3-4-7-15(14)21-16)18(20)12-8-10-13(19)11-9-12/h2-4,6-11,19H,1,5H2. The summed E-state index contributed by atoms with van der Waals surface area (Å²) in [6.07, 6.45) is 2.21. The minimum Gasteiger partial charge on any atom is -0.508 e. The van der Waals surface area contributed by atoms with Crippen LogP contribution in [0.1, 0.15) is 21.7 Å². The second-order valence-electron chi connectivity index (χ2n) is 4.77. The molecule has 0 atom stereocenters. The van der Waals surface area contributed by atoms with Crippen molar-refractivity contribution >= 4 is 16.8 Å². The van der Waals surface area contributed by atoms with Crippen molar-refractivity contribution < 1.29 is 14.3 Å². The van der Waals surface area contributed by atoms with E-state index in [1.165, 1.54) is 12.1 Å². The monoisotopic (exact) mass is 278 g/mol. The predicted octanol–water partition coefficient (Wildman–Crippen LogP) is 4.10. The van der Waals surface area contributed by atoms with Gasteiger partial charge in [0.25, 0.3) is 0 Å². The summed E-state index contributed by atoms with van der Waals surface area (Å²) in [7, 11) is 0. The molecule has 3 nitrogen and oxygen atoms in total. The number of allylic oxidation sites excluding steroid dienone is 1. The quantitative estimate of drug-likeness (QED) is 0.577. The molecule has 1 heterocycles. The molecule has 0 spiro atoms. The van der Waals surface area contributed by atoms with Crippen molar-refractivity contribution in [2.24, 2.45) is 0 Å². The average Bonchev–Trinajstić information content (AvgIpc) is 2.85. The molecule has 1 N–H and O–H groups in total. The first-order valence-corrected chi connectivity index (χ1v) is 6.65. The van der Waals surface area contributed by atoms with Gasteiger partial charge in [-0.1, -0.05) is 24.3 Å². The molecular formula is C18H14O3. The maximum atomic E-state index is 12.8. The number of fused-ring (bicyclic) bond motifs is 1. The maximum absolute atomic E-state index is 12.8. The Labute approximate surface area is 122 Å². The highest BCUT2D eigenvalue weighted by molar-refractivity contribution is 6.16. The first-order valence-electron chi connectivity index (χ1n) is 6.65. The van der Waals surface area contributed by atoms with Crippen LogP contribution in [0.15, 0.2) is 65.6 Å². The third-order valence-electron chi connectivity index (χ3n) is 3.35. The van der Waals surface area contributed by atoms with E-state index in [1.807, 2.05) is 24.3 Å². The molecule has 3 rings (SSSR count). The first kappa shape index (κ1) is 13.2. The summed E-state index contributed by atoms with van der Waals surface area (Å²) in [5, 5.41) is 10.1. The molecule has 0 aliphatic rings. The summed E-state index contributed by atoms with van der Waals surface area (Å²) >= 11 is 0. The highest BCUT2D eigenvalue weighted by Gasteiger charge is 2.20. The van der Waals surface area contributed by atoms with E-state index in [0.29, 0.717) is 28.9 Å². The molecule has 0 radical (unpaired) electrons. The summed E-state index contributed by atoms with van der Waals surface area (Å²) in [6.45, 7) is 3.71. The van der Waals surface area contributed by atoms with E-state index in [2.05, 4.69) is 6.58 Å². The SMILES string of the molecule is C=CCc1oc2ccccc2c1C(=O)c1ccc(O)cc1. The number of hydrogen-bond acceptors (Lipinski definition) is 3. The Kier molecular flexibility index (Phi) is 3.32. The molecule has 1 aromatic heterocycles. The molecule has 0 saturated heterocycles. The van der Waals surface area contributed by atoms with E-state index in [1.54, 1.807) is 18.2 Å². The fraction of sp³-hybridized carbons (Fsp3) is 0.0556. The van der Waals surface area contributed by atoms with E-state index in [-0.39, 0.29) is 11.5 Å². The van der Waals surface area contributed by atoms with Crippen molar-refractivity contribution in [2.45, 2.75) is 6.42 Å². The van der Waals surface area contributed by atoms with Crippen LogP contribution < -0.4 is 0 Å². The number of ketones is 1. The number of furan rings is 1. The van der Waals surface area contributed by atoms with Gasteiger partial charge >= 0.3 is 0 Å². The molecule has 2 aromatic carbocycles. The lowest BCUT2D eigenvalue weighted by atomic mass is 9.99. The van der Waals surface area contributed by atoms with Gasteiger partial charge in [-0.25, -0.2) is 0 Å². The van der Waals surface area contributed by atoms with Crippen molar-refractivity contribution in [2.75, 3.05) is 0 Å². The van der Waals surface area contributed by atoms with Gasteiger partial charge in [0.2, 0.25) is 0 Å².